The highest BCUT2D eigenvalue weighted by Gasteiger charge is 2.29. The fraction of sp³-hybridized carbons (Fsp3) is 0.529. The van der Waals surface area contributed by atoms with Gasteiger partial charge < -0.3 is 15.5 Å². The monoisotopic (exact) mass is 371 g/mol. The van der Waals surface area contributed by atoms with Crippen molar-refractivity contribution in [1.29, 1.82) is 0 Å². The number of halogens is 1. The molecule has 5 nitrogen and oxygen atoms in total. The van der Waals surface area contributed by atoms with Crippen LogP contribution >= 0.6 is 24.2 Å². The zero-order valence-corrected chi connectivity index (χ0v) is 15.8. The highest BCUT2D eigenvalue weighted by molar-refractivity contribution is 7.98. The average Bonchev–Trinajstić information content (AvgIpc) is 3.12. The molecule has 0 spiro atoms. The number of carbonyl (C=O) groups excluding carboxylic acids is 2. The number of hydrogen-bond donors (Lipinski definition) is 2. The van der Waals surface area contributed by atoms with Gasteiger partial charge in [0.2, 0.25) is 5.91 Å². The highest BCUT2D eigenvalue weighted by Crippen LogP contribution is 2.11. The molecule has 0 radical (unpaired) electrons. The Morgan fingerprint density at radius 1 is 1.38 bits per heavy atom. The summed E-state index contributed by atoms with van der Waals surface area (Å²) < 4.78 is 0. The Bertz CT molecular complexity index is 524. The lowest BCUT2D eigenvalue weighted by molar-refractivity contribution is -0.133. The molecule has 2 atom stereocenters. The summed E-state index contributed by atoms with van der Waals surface area (Å²) in [5.41, 5.74) is 0.583. The molecule has 1 saturated heterocycles. The molecule has 1 aromatic carbocycles. The summed E-state index contributed by atoms with van der Waals surface area (Å²) in [5, 5.41) is 6.18. The number of carbonyl (C=O) groups is 2. The lowest BCUT2D eigenvalue weighted by atomic mass is 10.1. The molecule has 2 N–H and O–H groups in total. The van der Waals surface area contributed by atoms with E-state index in [0.29, 0.717) is 12.0 Å². The molecule has 7 heteroatoms. The Kier molecular flexibility index (Phi) is 9.18. The fourth-order valence-corrected chi connectivity index (χ4v) is 3.19. The van der Waals surface area contributed by atoms with Crippen LogP contribution in [-0.2, 0) is 4.79 Å². The average molecular weight is 372 g/mol. The Balaban J connectivity index is 0.00000288. The van der Waals surface area contributed by atoms with Crippen molar-refractivity contribution in [3.05, 3.63) is 35.9 Å². The zero-order valence-electron chi connectivity index (χ0n) is 14.2. The fourth-order valence-electron chi connectivity index (χ4n) is 2.72. The van der Waals surface area contributed by atoms with E-state index in [1.807, 2.05) is 31.5 Å². The Hall–Kier alpha value is -1.24. The molecule has 2 amide bonds. The molecule has 134 valence electrons. The van der Waals surface area contributed by atoms with Crippen LogP contribution in [0.15, 0.2) is 30.3 Å². The second kappa shape index (κ2) is 10.6. The quantitative estimate of drug-likeness (QED) is 0.767. The summed E-state index contributed by atoms with van der Waals surface area (Å²) in [4.78, 5) is 26.9. The third-order valence-corrected chi connectivity index (χ3v) is 4.82. The third-order valence-electron chi connectivity index (χ3n) is 4.18. The van der Waals surface area contributed by atoms with E-state index in [1.54, 1.807) is 28.8 Å². The molecule has 0 saturated carbocycles. The van der Waals surface area contributed by atoms with Crippen LogP contribution in [0.1, 0.15) is 23.2 Å². The van der Waals surface area contributed by atoms with Crippen molar-refractivity contribution in [2.24, 2.45) is 0 Å². The first-order valence-corrected chi connectivity index (χ1v) is 9.35. The van der Waals surface area contributed by atoms with Crippen LogP contribution in [0.5, 0.6) is 0 Å². The molecule has 1 aromatic rings. The van der Waals surface area contributed by atoms with Crippen molar-refractivity contribution >= 4 is 36.0 Å². The Labute approximate surface area is 154 Å². The first-order chi connectivity index (χ1) is 11.1. The van der Waals surface area contributed by atoms with Crippen molar-refractivity contribution in [1.82, 2.24) is 15.5 Å². The number of likely N-dealkylation sites (N-methyl/N-ethyl adjacent to an activating group) is 1. The van der Waals surface area contributed by atoms with Gasteiger partial charge in [0.05, 0.1) is 0 Å². The number of amides is 2. The number of benzene rings is 1. The van der Waals surface area contributed by atoms with Crippen molar-refractivity contribution in [3.8, 4) is 0 Å². The summed E-state index contributed by atoms with van der Waals surface area (Å²) in [7, 11) is 1.83. The molecule has 2 rings (SSSR count). The van der Waals surface area contributed by atoms with Gasteiger partial charge in [-0.1, -0.05) is 18.2 Å². The van der Waals surface area contributed by atoms with Crippen molar-refractivity contribution < 1.29 is 9.59 Å². The van der Waals surface area contributed by atoms with Gasteiger partial charge in [0, 0.05) is 25.2 Å². The summed E-state index contributed by atoms with van der Waals surface area (Å²) >= 11 is 1.68. The second-order valence-electron chi connectivity index (χ2n) is 5.77. The number of nitrogens with zero attached hydrogens (tertiary/aromatic N) is 1. The maximum absolute atomic E-state index is 12.8. The first-order valence-electron chi connectivity index (χ1n) is 7.95. The van der Waals surface area contributed by atoms with Gasteiger partial charge in [-0.3, -0.25) is 9.59 Å². The van der Waals surface area contributed by atoms with Gasteiger partial charge in [0.1, 0.15) is 6.04 Å². The van der Waals surface area contributed by atoms with E-state index < -0.39 is 6.04 Å². The predicted molar refractivity (Wildman–Crippen MR) is 102 cm³/mol. The molecule has 0 bridgehead atoms. The molecular weight excluding hydrogens is 346 g/mol. The minimum Gasteiger partial charge on any atom is -0.340 e. The lowest BCUT2D eigenvalue weighted by Crippen LogP contribution is -2.51. The van der Waals surface area contributed by atoms with Crippen LogP contribution in [0.2, 0.25) is 0 Å². The van der Waals surface area contributed by atoms with E-state index in [0.717, 1.165) is 25.3 Å². The minimum atomic E-state index is -0.472. The van der Waals surface area contributed by atoms with E-state index in [9.17, 15) is 9.59 Å². The summed E-state index contributed by atoms with van der Waals surface area (Å²) in [6, 6.07) is 8.78. The van der Waals surface area contributed by atoms with Crippen molar-refractivity contribution in [3.63, 3.8) is 0 Å². The van der Waals surface area contributed by atoms with Crippen molar-refractivity contribution in [2.45, 2.75) is 24.9 Å². The van der Waals surface area contributed by atoms with Gasteiger partial charge in [-0.2, -0.15) is 11.8 Å². The van der Waals surface area contributed by atoms with Crippen LogP contribution in [-0.4, -0.2) is 60.9 Å². The standard InChI is InChI=1S/C17H25N3O2S.ClH/c1-20(14-8-10-18-12-14)17(22)15(9-11-23-2)19-16(21)13-6-4-3-5-7-13;/h3-7,14-15,18H,8-12H2,1-2H3,(H,19,21);1H. The molecular formula is C17H26ClN3O2S. The van der Waals surface area contributed by atoms with E-state index >= 15 is 0 Å². The van der Waals surface area contributed by atoms with Gasteiger partial charge in [-0.15, -0.1) is 12.4 Å². The smallest absolute Gasteiger partial charge is 0.251 e. The van der Waals surface area contributed by atoms with E-state index in [4.69, 9.17) is 0 Å². The van der Waals surface area contributed by atoms with Gasteiger partial charge in [0.25, 0.3) is 5.91 Å². The largest absolute Gasteiger partial charge is 0.340 e. The summed E-state index contributed by atoms with van der Waals surface area (Å²) in [5.74, 6) is 0.641. The summed E-state index contributed by atoms with van der Waals surface area (Å²) in [6.45, 7) is 1.76. The molecule has 24 heavy (non-hydrogen) atoms. The number of hydrogen-bond acceptors (Lipinski definition) is 4. The van der Waals surface area contributed by atoms with Crippen LogP contribution < -0.4 is 10.6 Å². The van der Waals surface area contributed by atoms with Crippen LogP contribution in [0.25, 0.3) is 0 Å². The van der Waals surface area contributed by atoms with E-state index in [2.05, 4.69) is 10.6 Å². The molecule has 1 aliphatic heterocycles. The highest BCUT2D eigenvalue weighted by atomic mass is 35.5. The molecule has 1 aliphatic rings. The molecule has 0 aliphatic carbocycles. The van der Waals surface area contributed by atoms with E-state index in [-0.39, 0.29) is 30.3 Å². The predicted octanol–water partition coefficient (Wildman–Crippen LogP) is 1.78. The summed E-state index contributed by atoms with van der Waals surface area (Å²) in [6.07, 6.45) is 3.61. The van der Waals surface area contributed by atoms with Gasteiger partial charge in [-0.25, -0.2) is 0 Å². The van der Waals surface area contributed by atoms with Gasteiger partial charge in [-0.05, 0) is 43.5 Å². The minimum absolute atomic E-state index is 0. The molecule has 2 unspecified atom stereocenters. The Morgan fingerprint density at radius 3 is 2.67 bits per heavy atom. The number of thioether (sulfide) groups is 1. The first kappa shape index (κ1) is 20.8. The lowest BCUT2D eigenvalue weighted by Gasteiger charge is -2.28. The van der Waals surface area contributed by atoms with Crippen LogP contribution in [0.4, 0.5) is 0 Å². The normalized spacial score (nSPS) is 17.7. The van der Waals surface area contributed by atoms with Crippen LogP contribution in [0, 0.1) is 0 Å². The van der Waals surface area contributed by atoms with Gasteiger partial charge in [0.15, 0.2) is 0 Å². The van der Waals surface area contributed by atoms with Gasteiger partial charge >= 0.3 is 0 Å². The zero-order chi connectivity index (χ0) is 16.7. The second-order valence-corrected chi connectivity index (χ2v) is 6.75. The maximum Gasteiger partial charge on any atom is 0.251 e. The topological polar surface area (TPSA) is 61.4 Å². The molecule has 1 heterocycles. The van der Waals surface area contributed by atoms with E-state index in [1.165, 1.54) is 0 Å². The SMILES string of the molecule is CSCCC(NC(=O)c1ccccc1)C(=O)N(C)C1CCNC1.Cl. The third kappa shape index (κ3) is 5.69. The number of rotatable bonds is 7. The Morgan fingerprint density at radius 2 is 2.08 bits per heavy atom. The molecule has 0 aromatic heterocycles. The van der Waals surface area contributed by atoms with Crippen molar-refractivity contribution in [2.75, 3.05) is 32.1 Å². The molecule has 1 fully saturated rings. The van der Waals surface area contributed by atoms with Crippen LogP contribution in [0.3, 0.4) is 0 Å². The maximum atomic E-state index is 12.8. The number of nitrogens with one attached hydrogen (secondary N) is 2.